The first-order valence-electron chi connectivity index (χ1n) is 12.7. The molecule has 1 amide bonds. The van der Waals surface area contributed by atoms with E-state index in [1.807, 2.05) is 74.6 Å². The average Bonchev–Trinajstić information content (AvgIpc) is 3.42. The zero-order valence-corrected chi connectivity index (χ0v) is 22.0. The van der Waals surface area contributed by atoms with Gasteiger partial charge < -0.3 is 15.7 Å². The number of carbonyl (C=O) groups excluding carboxylic acids is 1. The van der Waals surface area contributed by atoms with E-state index in [4.69, 9.17) is 0 Å². The van der Waals surface area contributed by atoms with Gasteiger partial charge in [-0.2, -0.15) is 5.10 Å². The van der Waals surface area contributed by atoms with E-state index in [0.29, 0.717) is 6.54 Å². The topological polar surface area (TPSA) is 79.2 Å². The van der Waals surface area contributed by atoms with Crippen LogP contribution in [-0.4, -0.2) is 33.9 Å². The third-order valence-electron chi connectivity index (χ3n) is 6.75. The van der Waals surface area contributed by atoms with Crippen molar-refractivity contribution >= 4 is 11.6 Å². The Morgan fingerprint density at radius 3 is 2.27 bits per heavy atom. The predicted octanol–water partition coefficient (Wildman–Crippen LogP) is 5.66. The summed E-state index contributed by atoms with van der Waals surface area (Å²) in [6, 6.07) is 25.6. The lowest BCUT2D eigenvalue weighted by Gasteiger charge is -2.22. The fraction of sp³-hybridized carbons (Fsp3) is 0.290. The molecule has 2 atom stereocenters. The minimum absolute atomic E-state index is 0.000493. The summed E-state index contributed by atoms with van der Waals surface area (Å²) in [6.45, 7) is 8.78. The summed E-state index contributed by atoms with van der Waals surface area (Å²) < 4.78 is 1.77. The van der Waals surface area contributed by atoms with Crippen molar-refractivity contribution in [1.29, 1.82) is 0 Å². The van der Waals surface area contributed by atoms with Crippen molar-refractivity contribution in [2.45, 2.75) is 45.2 Å². The lowest BCUT2D eigenvalue weighted by Crippen LogP contribution is -2.35. The van der Waals surface area contributed by atoms with Gasteiger partial charge in [0.15, 0.2) is 0 Å². The molecule has 0 aliphatic heterocycles. The molecule has 192 valence electrons. The van der Waals surface area contributed by atoms with Crippen LogP contribution >= 0.6 is 0 Å². The molecule has 37 heavy (non-hydrogen) atoms. The highest BCUT2D eigenvalue weighted by Gasteiger charge is 2.22. The zero-order valence-electron chi connectivity index (χ0n) is 22.0. The summed E-state index contributed by atoms with van der Waals surface area (Å²) >= 11 is 0. The van der Waals surface area contributed by atoms with E-state index in [1.165, 1.54) is 11.1 Å². The number of carbonyl (C=O) groups is 1. The van der Waals surface area contributed by atoms with Crippen LogP contribution in [0.4, 0.5) is 5.69 Å². The maximum absolute atomic E-state index is 13.4. The standard InChI is InChI=1S/C31H36N4O2/c1-22-10-12-24(13-11-22)23(2)18-32-29(26-8-6-5-7-9-26)30(37)34-28-16-14-25(15-17-28)27-19-33-35(20-27)31(3,4)21-36/h5-17,19-20,23,29,32,36H,18,21H2,1-4H3,(H,34,37)/t23-,29-/m1/s1. The van der Waals surface area contributed by atoms with Crippen LogP contribution < -0.4 is 10.6 Å². The van der Waals surface area contributed by atoms with E-state index in [0.717, 1.165) is 22.4 Å². The second kappa shape index (κ2) is 11.5. The number of aromatic nitrogens is 2. The smallest absolute Gasteiger partial charge is 0.246 e. The molecule has 1 heterocycles. The molecule has 0 aliphatic carbocycles. The van der Waals surface area contributed by atoms with Crippen molar-refractivity contribution in [3.8, 4) is 11.1 Å². The molecule has 3 N–H and O–H groups in total. The van der Waals surface area contributed by atoms with Gasteiger partial charge in [-0.15, -0.1) is 0 Å². The fourth-order valence-electron chi connectivity index (χ4n) is 4.15. The van der Waals surface area contributed by atoms with Gasteiger partial charge in [0.1, 0.15) is 6.04 Å². The highest BCUT2D eigenvalue weighted by atomic mass is 16.3. The van der Waals surface area contributed by atoms with Gasteiger partial charge in [-0.25, -0.2) is 0 Å². The van der Waals surface area contributed by atoms with Crippen molar-refractivity contribution in [2.24, 2.45) is 0 Å². The molecule has 0 saturated carbocycles. The molecule has 0 aliphatic rings. The van der Waals surface area contributed by atoms with E-state index in [1.54, 1.807) is 10.9 Å². The molecule has 6 heteroatoms. The van der Waals surface area contributed by atoms with E-state index < -0.39 is 11.6 Å². The SMILES string of the molecule is Cc1ccc([C@H](C)CN[C@@H](C(=O)Nc2ccc(-c3cnn(C(C)(C)CO)c3)cc2)c2ccccc2)cc1. The quantitative estimate of drug-likeness (QED) is 0.265. The first-order chi connectivity index (χ1) is 17.8. The molecule has 0 fully saturated rings. The number of rotatable bonds is 10. The molecule has 0 spiro atoms. The molecule has 3 aromatic carbocycles. The number of aliphatic hydroxyl groups excluding tert-OH is 1. The Balaban J connectivity index is 1.45. The molecule has 0 unspecified atom stereocenters. The van der Waals surface area contributed by atoms with Gasteiger partial charge in [0.2, 0.25) is 5.91 Å². The van der Waals surface area contributed by atoms with Crippen molar-refractivity contribution < 1.29 is 9.90 Å². The second-order valence-electron chi connectivity index (χ2n) is 10.3. The van der Waals surface area contributed by atoms with Crippen LogP contribution in [0.1, 0.15) is 49.4 Å². The molecule has 4 rings (SSSR count). The Labute approximate surface area is 219 Å². The van der Waals surface area contributed by atoms with Gasteiger partial charge in [-0.1, -0.05) is 79.2 Å². The minimum Gasteiger partial charge on any atom is -0.394 e. The van der Waals surface area contributed by atoms with Gasteiger partial charge in [-0.05, 0) is 55.5 Å². The maximum atomic E-state index is 13.4. The molecule has 0 radical (unpaired) electrons. The first-order valence-corrected chi connectivity index (χ1v) is 12.7. The summed E-state index contributed by atoms with van der Waals surface area (Å²) in [5.41, 5.74) is 5.60. The number of anilines is 1. The average molecular weight is 497 g/mol. The molecular formula is C31H36N4O2. The fourth-order valence-corrected chi connectivity index (χ4v) is 4.15. The van der Waals surface area contributed by atoms with Crippen molar-refractivity contribution in [2.75, 3.05) is 18.5 Å². The van der Waals surface area contributed by atoms with Gasteiger partial charge >= 0.3 is 0 Å². The Morgan fingerprint density at radius 1 is 0.946 bits per heavy atom. The number of benzene rings is 3. The second-order valence-corrected chi connectivity index (χ2v) is 10.3. The highest BCUT2D eigenvalue weighted by molar-refractivity contribution is 5.95. The van der Waals surface area contributed by atoms with E-state index in [9.17, 15) is 9.90 Å². The minimum atomic E-state index is -0.479. The van der Waals surface area contributed by atoms with Crippen LogP contribution in [0.15, 0.2) is 91.3 Å². The van der Waals surface area contributed by atoms with Gasteiger partial charge in [0, 0.05) is 24.0 Å². The van der Waals surface area contributed by atoms with Crippen LogP contribution in [0.2, 0.25) is 0 Å². The molecule has 4 aromatic rings. The molecule has 0 bridgehead atoms. The van der Waals surface area contributed by atoms with Crippen molar-refractivity contribution in [3.05, 3.63) is 108 Å². The maximum Gasteiger partial charge on any atom is 0.246 e. The first kappa shape index (κ1) is 26.3. The van der Waals surface area contributed by atoms with Crippen molar-refractivity contribution in [1.82, 2.24) is 15.1 Å². The highest BCUT2D eigenvalue weighted by Crippen LogP contribution is 2.25. The number of hydrogen-bond donors (Lipinski definition) is 3. The van der Waals surface area contributed by atoms with E-state index in [-0.39, 0.29) is 18.4 Å². The van der Waals surface area contributed by atoms with E-state index in [2.05, 4.69) is 53.8 Å². The van der Waals surface area contributed by atoms with Gasteiger partial charge in [0.25, 0.3) is 0 Å². The number of aryl methyl sites for hydroxylation is 1. The number of nitrogens with one attached hydrogen (secondary N) is 2. The number of nitrogens with zero attached hydrogens (tertiary/aromatic N) is 2. The Kier molecular flexibility index (Phi) is 8.21. The van der Waals surface area contributed by atoms with Gasteiger partial charge in [-0.3, -0.25) is 9.48 Å². The molecule has 6 nitrogen and oxygen atoms in total. The third kappa shape index (κ3) is 6.53. The van der Waals surface area contributed by atoms with Crippen LogP contribution in [-0.2, 0) is 10.3 Å². The lowest BCUT2D eigenvalue weighted by molar-refractivity contribution is -0.118. The Bertz CT molecular complexity index is 1300. The Morgan fingerprint density at radius 2 is 1.62 bits per heavy atom. The predicted molar refractivity (Wildman–Crippen MR) is 149 cm³/mol. The normalized spacial score (nSPS) is 13.2. The number of hydrogen-bond acceptors (Lipinski definition) is 4. The Hall–Kier alpha value is -3.74. The molecule has 0 saturated heterocycles. The van der Waals surface area contributed by atoms with Crippen LogP contribution in [0, 0.1) is 6.92 Å². The number of amides is 1. The van der Waals surface area contributed by atoms with Crippen LogP contribution in [0.5, 0.6) is 0 Å². The molecular weight excluding hydrogens is 460 g/mol. The summed E-state index contributed by atoms with van der Waals surface area (Å²) in [7, 11) is 0. The summed E-state index contributed by atoms with van der Waals surface area (Å²) in [5.74, 6) is 0.156. The zero-order chi connectivity index (χ0) is 26.4. The van der Waals surface area contributed by atoms with Crippen LogP contribution in [0.3, 0.4) is 0 Å². The monoisotopic (exact) mass is 496 g/mol. The lowest BCUT2D eigenvalue weighted by atomic mass is 9.98. The largest absolute Gasteiger partial charge is 0.394 e. The number of aliphatic hydroxyl groups is 1. The van der Waals surface area contributed by atoms with E-state index >= 15 is 0 Å². The van der Waals surface area contributed by atoms with Gasteiger partial charge in [0.05, 0.1) is 18.3 Å². The molecule has 1 aromatic heterocycles. The summed E-state index contributed by atoms with van der Waals surface area (Å²) in [5, 5.41) is 20.6. The van der Waals surface area contributed by atoms with Crippen molar-refractivity contribution in [3.63, 3.8) is 0 Å². The third-order valence-corrected chi connectivity index (χ3v) is 6.75. The van der Waals surface area contributed by atoms with Crippen LogP contribution in [0.25, 0.3) is 11.1 Å². The summed E-state index contributed by atoms with van der Waals surface area (Å²) in [6.07, 6.45) is 3.71. The summed E-state index contributed by atoms with van der Waals surface area (Å²) in [4.78, 5) is 13.4.